The first-order valence-electron chi connectivity index (χ1n) is 4.15. The van der Waals surface area contributed by atoms with Crippen LogP contribution in [0.4, 0.5) is 0 Å². The largest absolute Gasteiger partial charge is 0.478 e. The maximum Gasteiger partial charge on any atom is 0.336 e. The van der Waals surface area contributed by atoms with Crippen molar-refractivity contribution in [3.05, 3.63) is 28.8 Å². The number of rotatable bonds is 1. The highest BCUT2D eigenvalue weighted by atomic mass is 16.5. The van der Waals surface area contributed by atoms with E-state index in [1.807, 2.05) is 0 Å². The van der Waals surface area contributed by atoms with E-state index in [0.717, 1.165) is 5.56 Å². The van der Waals surface area contributed by atoms with E-state index in [0.29, 0.717) is 11.3 Å². The third-order valence-electron chi connectivity index (χ3n) is 2.13. The summed E-state index contributed by atoms with van der Waals surface area (Å²) >= 11 is 0. The molecule has 0 spiro atoms. The molecule has 0 fully saturated rings. The predicted molar refractivity (Wildman–Crippen MR) is 47.5 cm³/mol. The van der Waals surface area contributed by atoms with Crippen LogP contribution >= 0.6 is 0 Å². The molecule has 0 aliphatic carbocycles. The smallest absolute Gasteiger partial charge is 0.336 e. The number of hydrogen-bond donors (Lipinski definition) is 1. The second-order valence-corrected chi connectivity index (χ2v) is 3.25. The number of benzene rings is 1. The Balaban J connectivity index is 2.63. The molecule has 0 bridgehead atoms. The first-order valence-corrected chi connectivity index (χ1v) is 4.15. The number of aromatic carboxylic acids is 1. The fraction of sp³-hybridized carbons (Fsp3) is 0.200. The molecule has 0 amide bonds. The molecule has 0 atom stereocenters. The van der Waals surface area contributed by atoms with Gasteiger partial charge in [0.15, 0.2) is 0 Å². The van der Waals surface area contributed by atoms with Crippen LogP contribution in [0, 0.1) is 6.92 Å². The summed E-state index contributed by atoms with van der Waals surface area (Å²) in [6, 6.07) is 3.22. The summed E-state index contributed by atoms with van der Waals surface area (Å²) in [5.74, 6) is -1.04. The molecule has 1 aliphatic heterocycles. The van der Waals surface area contributed by atoms with Crippen molar-refractivity contribution >= 4 is 11.9 Å². The van der Waals surface area contributed by atoms with Crippen molar-refractivity contribution in [1.29, 1.82) is 0 Å². The third-order valence-corrected chi connectivity index (χ3v) is 2.13. The van der Waals surface area contributed by atoms with Crippen LogP contribution in [0.3, 0.4) is 0 Å². The lowest BCUT2D eigenvalue weighted by Gasteiger charge is -2.03. The van der Waals surface area contributed by atoms with Gasteiger partial charge in [-0.05, 0) is 24.6 Å². The van der Waals surface area contributed by atoms with Crippen molar-refractivity contribution in [2.75, 3.05) is 0 Å². The zero-order chi connectivity index (χ0) is 10.3. The molecule has 14 heavy (non-hydrogen) atoms. The second kappa shape index (κ2) is 2.83. The number of ether oxygens (including phenoxy) is 1. The minimum absolute atomic E-state index is 0.0528. The van der Waals surface area contributed by atoms with Crippen molar-refractivity contribution in [1.82, 2.24) is 0 Å². The molecular formula is C10H8O4. The Morgan fingerprint density at radius 3 is 2.86 bits per heavy atom. The highest BCUT2D eigenvalue weighted by Gasteiger charge is 2.26. The average Bonchev–Trinajstić information content (AvgIpc) is 2.42. The zero-order valence-corrected chi connectivity index (χ0v) is 7.53. The van der Waals surface area contributed by atoms with Crippen LogP contribution in [0.15, 0.2) is 12.1 Å². The fourth-order valence-corrected chi connectivity index (χ4v) is 1.55. The number of carbonyl (C=O) groups excluding carboxylic acids is 1. The highest BCUT2D eigenvalue weighted by molar-refractivity contribution is 5.94. The SMILES string of the molecule is Cc1cc2c(c(C(=O)O)c1)CC(=O)O2. The lowest BCUT2D eigenvalue weighted by Crippen LogP contribution is -2.03. The first-order chi connectivity index (χ1) is 6.58. The summed E-state index contributed by atoms with van der Waals surface area (Å²) in [4.78, 5) is 21.8. The number of carbonyl (C=O) groups is 2. The number of aryl methyl sites for hydroxylation is 1. The van der Waals surface area contributed by atoms with E-state index in [1.165, 1.54) is 0 Å². The van der Waals surface area contributed by atoms with Crippen molar-refractivity contribution in [2.24, 2.45) is 0 Å². The van der Waals surface area contributed by atoms with E-state index in [4.69, 9.17) is 9.84 Å². The van der Waals surface area contributed by atoms with E-state index >= 15 is 0 Å². The van der Waals surface area contributed by atoms with Crippen molar-refractivity contribution in [3.63, 3.8) is 0 Å². The summed E-state index contributed by atoms with van der Waals surface area (Å²) in [7, 11) is 0. The van der Waals surface area contributed by atoms with Crippen LogP contribution in [-0.4, -0.2) is 17.0 Å². The van der Waals surface area contributed by atoms with E-state index in [1.54, 1.807) is 19.1 Å². The van der Waals surface area contributed by atoms with Gasteiger partial charge in [-0.3, -0.25) is 4.79 Å². The number of carboxylic acid groups (broad SMARTS) is 1. The average molecular weight is 192 g/mol. The van der Waals surface area contributed by atoms with Crippen LogP contribution < -0.4 is 4.74 Å². The van der Waals surface area contributed by atoms with Crippen molar-refractivity contribution < 1.29 is 19.4 Å². The molecular weight excluding hydrogens is 184 g/mol. The minimum atomic E-state index is -1.02. The monoisotopic (exact) mass is 192 g/mol. The number of carboxylic acids is 1. The van der Waals surface area contributed by atoms with Gasteiger partial charge in [-0.15, -0.1) is 0 Å². The zero-order valence-electron chi connectivity index (χ0n) is 7.53. The number of hydrogen-bond acceptors (Lipinski definition) is 3. The van der Waals surface area contributed by atoms with Crippen molar-refractivity contribution in [2.45, 2.75) is 13.3 Å². The summed E-state index contributed by atoms with van der Waals surface area (Å²) in [5.41, 5.74) is 1.41. The Labute approximate surface area is 80.1 Å². The topological polar surface area (TPSA) is 63.6 Å². The van der Waals surface area contributed by atoms with Gasteiger partial charge in [0.05, 0.1) is 12.0 Å². The van der Waals surface area contributed by atoms with Gasteiger partial charge in [-0.1, -0.05) is 0 Å². The first kappa shape index (κ1) is 8.74. The van der Waals surface area contributed by atoms with E-state index in [-0.39, 0.29) is 12.0 Å². The van der Waals surface area contributed by atoms with Crippen LogP contribution in [0.2, 0.25) is 0 Å². The van der Waals surface area contributed by atoms with Gasteiger partial charge in [0, 0.05) is 5.56 Å². The van der Waals surface area contributed by atoms with E-state index < -0.39 is 11.9 Å². The molecule has 0 radical (unpaired) electrons. The third kappa shape index (κ3) is 1.25. The van der Waals surface area contributed by atoms with Gasteiger partial charge < -0.3 is 9.84 Å². The van der Waals surface area contributed by atoms with E-state index in [2.05, 4.69) is 0 Å². The van der Waals surface area contributed by atoms with Crippen LogP contribution in [0.25, 0.3) is 0 Å². The lowest BCUT2D eigenvalue weighted by atomic mass is 10.0. The summed E-state index contributed by atoms with van der Waals surface area (Å²) in [6.45, 7) is 1.76. The molecule has 0 saturated carbocycles. The summed E-state index contributed by atoms with van der Waals surface area (Å²) < 4.78 is 4.88. The van der Waals surface area contributed by atoms with Gasteiger partial charge in [0.25, 0.3) is 0 Å². The Bertz CT molecular complexity index is 434. The second-order valence-electron chi connectivity index (χ2n) is 3.25. The Morgan fingerprint density at radius 1 is 1.50 bits per heavy atom. The van der Waals surface area contributed by atoms with Crippen LogP contribution in [0.1, 0.15) is 21.5 Å². The van der Waals surface area contributed by atoms with Gasteiger partial charge in [0.1, 0.15) is 5.75 Å². The molecule has 2 rings (SSSR count). The quantitative estimate of drug-likeness (QED) is 0.535. The molecule has 0 aromatic heterocycles. The molecule has 1 heterocycles. The Kier molecular flexibility index (Phi) is 1.77. The molecule has 0 saturated heterocycles. The maximum atomic E-state index is 11.0. The van der Waals surface area contributed by atoms with Crippen LogP contribution in [-0.2, 0) is 11.2 Å². The number of esters is 1. The maximum absolute atomic E-state index is 11.0. The molecule has 0 unspecified atom stereocenters. The van der Waals surface area contributed by atoms with Crippen molar-refractivity contribution in [3.8, 4) is 5.75 Å². The molecule has 4 heteroatoms. The normalized spacial score (nSPS) is 13.6. The lowest BCUT2D eigenvalue weighted by molar-refractivity contribution is -0.131. The highest BCUT2D eigenvalue weighted by Crippen LogP contribution is 2.30. The van der Waals surface area contributed by atoms with E-state index in [9.17, 15) is 9.59 Å². The number of fused-ring (bicyclic) bond motifs is 1. The van der Waals surface area contributed by atoms with Gasteiger partial charge in [-0.25, -0.2) is 4.79 Å². The van der Waals surface area contributed by atoms with Gasteiger partial charge in [-0.2, -0.15) is 0 Å². The van der Waals surface area contributed by atoms with Gasteiger partial charge in [0.2, 0.25) is 0 Å². The summed E-state index contributed by atoms with van der Waals surface area (Å²) in [5, 5.41) is 8.89. The Morgan fingerprint density at radius 2 is 2.21 bits per heavy atom. The predicted octanol–water partition coefficient (Wildman–Crippen LogP) is 1.15. The minimum Gasteiger partial charge on any atom is -0.478 e. The Hall–Kier alpha value is -1.84. The van der Waals surface area contributed by atoms with Crippen LogP contribution in [0.5, 0.6) is 5.75 Å². The molecule has 1 aliphatic rings. The fourth-order valence-electron chi connectivity index (χ4n) is 1.55. The molecule has 4 nitrogen and oxygen atoms in total. The standard InChI is InChI=1S/C10H8O4/c1-5-2-7(10(12)13)6-4-9(11)14-8(6)3-5/h2-3H,4H2,1H3,(H,12,13). The molecule has 1 N–H and O–H groups in total. The summed E-state index contributed by atoms with van der Waals surface area (Å²) in [6.07, 6.45) is 0.0528. The van der Waals surface area contributed by atoms with Gasteiger partial charge >= 0.3 is 11.9 Å². The molecule has 1 aromatic rings. The molecule has 72 valence electrons. The molecule has 1 aromatic carbocycles.